The van der Waals surface area contributed by atoms with Crippen LogP contribution in [0.5, 0.6) is 5.75 Å². The van der Waals surface area contributed by atoms with Gasteiger partial charge in [0.2, 0.25) is 5.95 Å². The zero-order valence-electron chi connectivity index (χ0n) is 19.7. The summed E-state index contributed by atoms with van der Waals surface area (Å²) in [5.74, 6) is 0.422. The van der Waals surface area contributed by atoms with E-state index >= 15 is 0 Å². The zero-order chi connectivity index (χ0) is 24.3. The largest absolute Gasteiger partial charge is 0.467 e. The van der Waals surface area contributed by atoms with Crippen LogP contribution >= 0.6 is 0 Å². The minimum atomic E-state index is -4.50. The molecule has 0 bridgehead atoms. The molecular weight excluding hydrogens is 423 g/mol. The van der Waals surface area contributed by atoms with E-state index in [1.165, 1.54) is 10.9 Å². The van der Waals surface area contributed by atoms with Gasteiger partial charge in [-0.2, -0.15) is 22.8 Å². The quantitative estimate of drug-likeness (QED) is 0.364. The Morgan fingerprint density at radius 2 is 1.75 bits per heavy atom. The first-order chi connectivity index (χ1) is 15.3. The summed E-state index contributed by atoms with van der Waals surface area (Å²) in [6.45, 7) is 11.8. The number of nitrogens with one attached hydrogen (secondary N) is 1. The summed E-state index contributed by atoms with van der Waals surface area (Å²) in [5.41, 5.74) is 0.900. The Balaban J connectivity index is 0.000000944. The highest BCUT2D eigenvalue weighted by Gasteiger charge is 2.33. The predicted octanol–water partition coefficient (Wildman–Crippen LogP) is 5.98. The number of rotatable bonds is 6. The molecule has 7 nitrogen and oxygen atoms in total. The van der Waals surface area contributed by atoms with Gasteiger partial charge in [0.1, 0.15) is 11.4 Å². The number of hydrogen-bond acceptors (Lipinski definition) is 6. The van der Waals surface area contributed by atoms with Gasteiger partial charge < -0.3 is 14.8 Å². The van der Waals surface area contributed by atoms with Gasteiger partial charge in [-0.1, -0.05) is 34.1 Å². The first kappa shape index (κ1) is 27.2. The molecule has 0 spiro atoms. The molecule has 178 valence electrons. The van der Waals surface area contributed by atoms with Crippen molar-refractivity contribution in [3.8, 4) is 17.0 Å². The third-order valence-electron chi connectivity index (χ3n) is 3.92. The van der Waals surface area contributed by atoms with Gasteiger partial charge in [0.05, 0.1) is 17.3 Å². The third kappa shape index (κ3) is 6.56. The van der Waals surface area contributed by atoms with Crippen LogP contribution in [-0.4, -0.2) is 40.3 Å². The maximum atomic E-state index is 13.2. The number of halogens is 3. The molecule has 0 aliphatic rings. The zero-order valence-corrected chi connectivity index (χ0v) is 19.7. The average molecular weight is 456 g/mol. The van der Waals surface area contributed by atoms with Crippen molar-refractivity contribution in [3.63, 3.8) is 0 Å². The summed E-state index contributed by atoms with van der Waals surface area (Å²) in [7, 11) is 1.67. The molecular formula is C22H32F3N5O2. The smallest absolute Gasteiger partial charge is 0.416 e. The van der Waals surface area contributed by atoms with Gasteiger partial charge in [0.15, 0.2) is 6.79 Å². The van der Waals surface area contributed by atoms with E-state index in [9.17, 15) is 13.2 Å². The fraction of sp³-hybridized carbons (Fsp3) is 0.500. The van der Waals surface area contributed by atoms with Crippen LogP contribution in [0.4, 0.5) is 19.1 Å². The highest BCUT2D eigenvalue weighted by Crippen LogP contribution is 2.40. The van der Waals surface area contributed by atoms with Crippen molar-refractivity contribution in [1.29, 1.82) is 0 Å². The van der Waals surface area contributed by atoms with Crippen molar-refractivity contribution < 1.29 is 22.6 Å². The van der Waals surface area contributed by atoms with Crippen LogP contribution in [0.15, 0.2) is 24.4 Å². The number of fused-ring (bicyclic) bond motifs is 1. The van der Waals surface area contributed by atoms with Crippen molar-refractivity contribution in [1.82, 2.24) is 19.8 Å². The Kier molecular flexibility index (Phi) is 10.9. The van der Waals surface area contributed by atoms with Gasteiger partial charge in [0.25, 0.3) is 0 Å². The van der Waals surface area contributed by atoms with E-state index in [0.717, 1.165) is 12.1 Å². The number of alkyl halides is 3. The molecule has 0 aliphatic carbocycles. The van der Waals surface area contributed by atoms with E-state index in [-0.39, 0.29) is 12.5 Å². The van der Waals surface area contributed by atoms with Crippen LogP contribution in [0.3, 0.4) is 0 Å². The van der Waals surface area contributed by atoms with Crippen LogP contribution in [-0.2, 0) is 10.9 Å². The molecule has 3 rings (SSSR count). The molecule has 2 heterocycles. The number of anilines is 1. The molecule has 3 aromatic rings. The standard InChI is InChI=1S/C17H18F3N5O2.C3H8.C2H6/c1-4-26-9-27-13-8-11(17(18,19)20)7-10(2)14(13)15-12-5-6-22-25(12)16(21-3)24-23-15;1-3-2;1-2/h5-8H,4,9H2,1-3H3,(H,21,24);3H2,1-2H3;1-2H3. The molecule has 0 unspecified atom stereocenters. The van der Waals surface area contributed by atoms with E-state index in [1.54, 1.807) is 33.2 Å². The second-order valence-electron chi connectivity index (χ2n) is 6.38. The molecule has 0 amide bonds. The van der Waals surface area contributed by atoms with E-state index in [0.29, 0.717) is 34.9 Å². The van der Waals surface area contributed by atoms with Crippen molar-refractivity contribution >= 4 is 11.5 Å². The lowest BCUT2D eigenvalue weighted by Crippen LogP contribution is -2.11. The topological polar surface area (TPSA) is 73.6 Å². The summed E-state index contributed by atoms with van der Waals surface area (Å²) < 4.78 is 51.9. The van der Waals surface area contributed by atoms with Gasteiger partial charge in [0, 0.05) is 19.2 Å². The van der Waals surface area contributed by atoms with E-state index in [2.05, 4.69) is 34.5 Å². The van der Waals surface area contributed by atoms with Crippen molar-refractivity contribution in [2.24, 2.45) is 0 Å². The lowest BCUT2D eigenvalue weighted by Gasteiger charge is -2.17. The minimum Gasteiger partial charge on any atom is -0.467 e. The number of nitrogens with zero attached hydrogens (tertiary/aromatic N) is 4. The fourth-order valence-corrected chi connectivity index (χ4v) is 2.70. The van der Waals surface area contributed by atoms with Crippen LogP contribution in [0.25, 0.3) is 16.8 Å². The first-order valence-electron chi connectivity index (χ1n) is 10.6. The van der Waals surface area contributed by atoms with Gasteiger partial charge >= 0.3 is 6.18 Å². The number of benzene rings is 1. The molecule has 1 N–H and O–H groups in total. The van der Waals surface area contributed by atoms with E-state index in [1.807, 2.05) is 13.8 Å². The molecule has 0 fully saturated rings. The van der Waals surface area contributed by atoms with Crippen molar-refractivity contribution in [2.45, 2.75) is 54.1 Å². The Morgan fingerprint density at radius 1 is 1.09 bits per heavy atom. The van der Waals surface area contributed by atoms with E-state index in [4.69, 9.17) is 9.47 Å². The van der Waals surface area contributed by atoms with Crippen LogP contribution in [0, 0.1) is 6.92 Å². The monoisotopic (exact) mass is 455 g/mol. The molecule has 32 heavy (non-hydrogen) atoms. The van der Waals surface area contributed by atoms with Crippen LogP contribution in [0.2, 0.25) is 0 Å². The first-order valence-corrected chi connectivity index (χ1v) is 10.6. The lowest BCUT2D eigenvalue weighted by atomic mass is 10.00. The van der Waals surface area contributed by atoms with E-state index < -0.39 is 11.7 Å². The number of ether oxygens (including phenoxy) is 2. The molecule has 10 heteroatoms. The molecule has 0 radical (unpaired) electrons. The normalized spacial score (nSPS) is 10.7. The number of aryl methyl sites for hydroxylation is 1. The van der Waals surface area contributed by atoms with Crippen molar-refractivity contribution in [2.75, 3.05) is 25.8 Å². The minimum absolute atomic E-state index is 0.0189. The van der Waals surface area contributed by atoms with Gasteiger partial charge in [-0.05, 0) is 37.6 Å². The Labute approximate surface area is 187 Å². The van der Waals surface area contributed by atoms with Crippen molar-refractivity contribution in [3.05, 3.63) is 35.5 Å². The second kappa shape index (κ2) is 12.8. The summed E-state index contributed by atoms with van der Waals surface area (Å²) in [6.07, 6.45) is -1.69. The molecule has 0 saturated heterocycles. The Hall–Kier alpha value is -2.88. The number of aromatic nitrogens is 4. The maximum absolute atomic E-state index is 13.2. The molecule has 1 aromatic carbocycles. The van der Waals surface area contributed by atoms with Gasteiger partial charge in [-0.15, -0.1) is 10.2 Å². The Bertz CT molecular complexity index is 974. The fourth-order valence-electron chi connectivity index (χ4n) is 2.70. The average Bonchev–Trinajstić information content (AvgIpc) is 3.25. The van der Waals surface area contributed by atoms with Crippen LogP contribution < -0.4 is 10.1 Å². The van der Waals surface area contributed by atoms with Gasteiger partial charge in [-0.25, -0.2) is 0 Å². The second-order valence-corrected chi connectivity index (χ2v) is 6.38. The predicted molar refractivity (Wildman–Crippen MR) is 120 cm³/mol. The highest BCUT2D eigenvalue weighted by molar-refractivity contribution is 5.83. The molecule has 0 atom stereocenters. The number of hydrogen-bond donors (Lipinski definition) is 1. The maximum Gasteiger partial charge on any atom is 0.416 e. The SMILES string of the molecule is CC.CCC.CCOCOc1cc(C(F)(F)F)cc(C)c1-c1nnc(NC)n2nccc12. The highest BCUT2D eigenvalue weighted by atomic mass is 19.4. The molecule has 0 aliphatic heterocycles. The summed E-state index contributed by atoms with van der Waals surface area (Å²) >= 11 is 0. The van der Waals surface area contributed by atoms with Gasteiger partial charge in [-0.3, -0.25) is 0 Å². The molecule has 0 saturated carbocycles. The summed E-state index contributed by atoms with van der Waals surface area (Å²) in [5, 5.41) is 15.3. The summed E-state index contributed by atoms with van der Waals surface area (Å²) in [6, 6.07) is 3.71. The lowest BCUT2D eigenvalue weighted by molar-refractivity contribution is -0.137. The Morgan fingerprint density at radius 3 is 2.31 bits per heavy atom. The third-order valence-corrected chi connectivity index (χ3v) is 3.92. The van der Waals surface area contributed by atoms with Crippen LogP contribution in [0.1, 0.15) is 52.2 Å². The molecule has 2 aromatic heterocycles. The summed E-state index contributed by atoms with van der Waals surface area (Å²) in [4.78, 5) is 0.